The molecule has 2 unspecified atom stereocenters. The molecule has 2 aromatic carbocycles. The van der Waals surface area contributed by atoms with Gasteiger partial charge in [0.25, 0.3) is 0 Å². The Morgan fingerprint density at radius 2 is 1.83 bits per heavy atom. The molecule has 1 aliphatic heterocycles. The Morgan fingerprint density at radius 1 is 1.10 bits per heavy atom. The second kappa shape index (κ2) is 11.0. The van der Waals surface area contributed by atoms with E-state index >= 15 is 0 Å². The lowest BCUT2D eigenvalue weighted by atomic mass is 9.78. The van der Waals surface area contributed by atoms with Gasteiger partial charge in [-0.25, -0.2) is 0 Å². The Balaban J connectivity index is 0.00000256. The van der Waals surface area contributed by atoms with Crippen molar-refractivity contribution in [1.82, 2.24) is 15.5 Å². The Morgan fingerprint density at radius 3 is 2.57 bits per heavy atom. The molecular weight excluding hydrogens is 487 g/mol. The third kappa shape index (κ3) is 5.09. The quantitative estimate of drug-likeness (QED) is 0.330. The highest BCUT2D eigenvalue weighted by Gasteiger charge is 2.27. The van der Waals surface area contributed by atoms with Crippen molar-refractivity contribution < 1.29 is 4.74 Å². The molecule has 6 heteroatoms. The number of hydrogen-bond acceptors (Lipinski definition) is 3. The number of fused-ring (bicyclic) bond motifs is 1. The van der Waals surface area contributed by atoms with E-state index in [1.165, 1.54) is 29.5 Å². The van der Waals surface area contributed by atoms with E-state index in [1.807, 2.05) is 13.1 Å². The van der Waals surface area contributed by atoms with Gasteiger partial charge in [0.05, 0.1) is 13.2 Å². The molecule has 5 nitrogen and oxygen atoms in total. The Bertz CT molecular complexity index is 851. The maximum Gasteiger partial charge on any atom is 0.191 e. The van der Waals surface area contributed by atoms with Gasteiger partial charge in [-0.2, -0.15) is 0 Å². The predicted molar refractivity (Wildman–Crippen MR) is 134 cm³/mol. The van der Waals surface area contributed by atoms with E-state index in [2.05, 4.69) is 63.0 Å². The van der Waals surface area contributed by atoms with Crippen molar-refractivity contribution in [3.05, 3.63) is 65.2 Å². The number of methoxy groups -OCH3 is 1. The number of halogens is 1. The van der Waals surface area contributed by atoms with Crippen molar-refractivity contribution in [3.8, 4) is 5.75 Å². The van der Waals surface area contributed by atoms with Gasteiger partial charge < -0.3 is 15.4 Å². The summed E-state index contributed by atoms with van der Waals surface area (Å²) in [6.07, 6.45) is 3.68. The van der Waals surface area contributed by atoms with Crippen molar-refractivity contribution in [2.45, 2.75) is 31.2 Å². The summed E-state index contributed by atoms with van der Waals surface area (Å²) in [4.78, 5) is 7.01. The maximum absolute atomic E-state index is 5.65. The summed E-state index contributed by atoms with van der Waals surface area (Å²) in [5, 5.41) is 7.09. The first kappa shape index (κ1) is 22.9. The molecule has 1 aliphatic carbocycles. The summed E-state index contributed by atoms with van der Waals surface area (Å²) in [6, 6.07) is 17.4. The van der Waals surface area contributed by atoms with Crippen molar-refractivity contribution in [3.63, 3.8) is 0 Å². The predicted octanol–water partition coefficient (Wildman–Crippen LogP) is 3.96. The van der Waals surface area contributed by atoms with Crippen molar-refractivity contribution in [2.75, 3.05) is 40.3 Å². The van der Waals surface area contributed by atoms with Crippen LogP contribution in [0.15, 0.2) is 53.5 Å². The van der Waals surface area contributed by atoms with E-state index in [4.69, 9.17) is 4.74 Å². The molecule has 0 bridgehead atoms. The smallest absolute Gasteiger partial charge is 0.191 e. The van der Waals surface area contributed by atoms with Crippen LogP contribution in [0.5, 0.6) is 5.75 Å². The van der Waals surface area contributed by atoms with Gasteiger partial charge in [0.15, 0.2) is 5.96 Å². The SMILES string of the molecule is CN=C(NCC1Cc2ccccc21)NCC(c1ccccc1OC)N1CCCC1.I. The summed E-state index contributed by atoms with van der Waals surface area (Å²) in [5.74, 6) is 2.40. The van der Waals surface area contributed by atoms with Crippen LogP contribution in [0.1, 0.15) is 41.5 Å². The molecule has 2 N–H and O–H groups in total. The van der Waals surface area contributed by atoms with Crippen molar-refractivity contribution in [1.29, 1.82) is 0 Å². The minimum Gasteiger partial charge on any atom is -0.496 e. The van der Waals surface area contributed by atoms with Crippen LogP contribution in [-0.2, 0) is 6.42 Å². The first-order chi connectivity index (χ1) is 14.3. The molecule has 0 spiro atoms. The second-order valence-corrected chi connectivity index (χ2v) is 7.93. The monoisotopic (exact) mass is 520 g/mol. The van der Waals surface area contributed by atoms with E-state index in [-0.39, 0.29) is 30.0 Å². The van der Waals surface area contributed by atoms with Crippen LogP contribution < -0.4 is 15.4 Å². The molecule has 2 aromatic rings. The van der Waals surface area contributed by atoms with Gasteiger partial charge in [-0.1, -0.05) is 42.5 Å². The molecule has 0 radical (unpaired) electrons. The van der Waals surface area contributed by atoms with Gasteiger partial charge in [-0.3, -0.25) is 9.89 Å². The zero-order chi connectivity index (χ0) is 20.1. The molecule has 0 saturated carbocycles. The van der Waals surface area contributed by atoms with Crippen LogP contribution >= 0.6 is 24.0 Å². The fraction of sp³-hybridized carbons (Fsp3) is 0.458. The molecule has 4 rings (SSSR count). The van der Waals surface area contributed by atoms with E-state index in [1.54, 1.807) is 7.11 Å². The minimum absolute atomic E-state index is 0. The lowest BCUT2D eigenvalue weighted by Gasteiger charge is -2.32. The molecule has 2 aliphatic rings. The standard InChI is InChI=1S/C24H32N4O.HI/c1-25-24(26-16-19-15-18-9-3-4-10-20(18)19)27-17-22(28-13-7-8-14-28)21-11-5-6-12-23(21)29-2;/h3-6,9-12,19,22H,7-8,13-17H2,1-2H3,(H2,25,26,27);1H. The Labute approximate surface area is 197 Å². The molecule has 2 atom stereocenters. The number of benzene rings is 2. The number of ether oxygens (including phenoxy) is 1. The average Bonchev–Trinajstić information content (AvgIpc) is 3.28. The highest BCUT2D eigenvalue weighted by Crippen LogP contribution is 2.34. The minimum atomic E-state index is 0. The number of guanidine groups is 1. The third-order valence-corrected chi connectivity index (χ3v) is 6.24. The third-order valence-electron chi connectivity index (χ3n) is 6.24. The lowest BCUT2D eigenvalue weighted by Crippen LogP contribution is -2.44. The first-order valence-corrected chi connectivity index (χ1v) is 10.7. The topological polar surface area (TPSA) is 48.9 Å². The number of aliphatic imine (C=N–C) groups is 1. The van der Waals surface area contributed by atoms with Gasteiger partial charge in [-0.15, -0.1) is 24.0 Å². The maximum atomic E-state index is 5.65. The second-order valence-electron chi connectivity index (χ2n) is 7.93. The molecule has 0 aromatic heterocycles. The summed E-state index contributed by atoms with van der Waals surface area (Å²) in [6.45, 7) is 3.99. The zero-order valence-corrected chi connectivity index (χ0v) is 20.3. The normalized spacial score (nSPS) is 19.3. The van der Waals surface area contributed by atoms with Gasteiger partial charge in [0.2, 0.25) is 0 Å². The van der Waals surface area contributed by atoms with Gasteiger partial charge in [0.1, 0.15) is 5.75 Å². The summed E-state index contributed by atoms with van der Waals surface area (Å²) < 4.78 is 5.65. The van der Waals surface area contributed by atoms with Gasteiger partial charge >= 0.3 is 0 Å². The van der Waals surface area contributed by atoms with Crippen molar-refractivity contribution >= 4 is 29.9 Å². The zero-order valence-electron chi connectivity index (χ0n) is 17.9. The molecule has 30 heavy (non-hydrogen) atoms. The van der Waals surface area contributed by atoms with Crippen LogP contribution in [0.2, 0.25) is 0 Å². The highest BCUT2D eigenvalue weighted by molar-refractivity contribution is 14.0. The van der Waals surface area contributed by atoms with Crippen LogP contribution in [0.4, 0.5) is 0 Å². The Hall–Kier alpha value is -1.80. The van der Waals surface area contributed by atoms with E-state index in [0.29, 0.717) is 5.92 Å². The fourth-order valence-corrected chi connectivity index (χ4v) is 4.61. The van der Waals surface area contributed by atoms with Crippen molar-refractivity contribution in [2.24, 2.45) is 4.99 Å². The molecule has 1 fully saturated rings. The molecule has 1 heterocycles. The summed E-state index contributed by atoms with van der Waals surface area (Å²) >= 11 is 0. The Kier molecular flexibility index (Phi) is 8.39. The number of nitrogens with zero attached hydrogens (tertiary/aromatic N) is 2. The summed E-state index contributed by atoms with van der Waals surface area (Å²) in [5.41, 5.74) is 4.19. The number of nitrogens with one attached hydrogen (secondary N) is 2. The lowest BCUT2D eigenvalue weighted by molar-refractivity contribution is 0.239. The molecule has 0 amide bonds. The number of hydrogen-bond donors (Lipinski definition) is 2. The number of para-hydroxylation sites is 1. The fourth-order valence-electron chi connectivity index (χ4n) is 4.61. The van der Waals surface area contributed by atoms with Gasteiger partial charge in [-0.05, 0) is 49.5 Å². The number of rotatable bonds is 7. The van der Waals surface area contributed by atoms with E-state index in [0.717, 1.165) is 44.3 Å². The molecular formula is C24H33IN4O. The van der Waals surface area contributed by atoms with Crippen LogP contribution in [0, 0.1) is 0 Å². The first-order valence-electron chi connectivity index (χ1n) is 10.7. The van der Waals surface area contributed by atoms with Crippen LogP contribution in [-0.4, -0.2) is 51.2 Å². The van der Waals surface area contributed by atoms with E-state index < -0.39 is 0 Å². The van der Waals surface area contributed by atoms with Gasteiger partial charge in [0, 0.05) is 31.6 Å². The largest absolute Gasteiger partial charge is 0.496 e. The average molecular weight is 520 g/mol. The highest BCUT2D eigenvalue weighted by atomic mass is 127. The van der Waals surface area contributed by atoms with Crippen LogP contribution in [0.3, 0.4) is 0 Å². The molecule has 162 valence electrons. The summed E-state index contributed by atoms with van der Waals surface area (Å²) in [7, 11) is 3.60. The van der Waals surface area contributed by atoms with E-state index in [9.17, 15) is 0 Å². The number of likely N-dealkylation sites (tertiary alicyclic amines) is 1. The van der Waals surface area contributed by atoms with Crippen LogP contribution in [0.25, 0.3) is 0 Å². The molecule has 1 saturated heterocycles.